The van der Waals surface area contributed by atoms with Crippen LogP contribution in [0.4, 0.5) is 0 Å². The maximum absolute atomic E-state index is 12.9. The molecule has 1 saturated carbocycles. The van der Waals surface area contributed by atoms with Gasteiger partial charge in [0.25, 0.3) is 0 Å². The van der Waals surface area contributed by atoms with Crippen LogP contribution in [-0.4, -0.2) is 110 Å². The monoisotopic (exact) mass is 849 g/mol. The molecule has 1 fully saturated rings. The van der Waals surface area contributed by atoms with Gasteiger partial charge in [-0.25, -0.2) is 9.13 Å². The van der Waals surface area contributed by atoms with Crippen LogP contribution in [0.1, 0.15) is 161 Å². The summed E-state index contributed by atoms with van der Waals surface area (Å²) in [5, 5.41) is 41.0. The number of phosphoric ester groups is 2. The Kier molecular flexibility index (Phi) is 29.3. The van der Waals surface area contributed by atoms with Crippen LogP contribution in [0, 0.1) is 0 Å². The van der Waals surface area contributed by atoms with E-state index in [2.05, 4.69) is 11.4 Å². The Morgan fingerprint density at radius 2 is 0.964 bits per heavy atom. The highest BCUT2D eigenvalue weighted by Gasteiger charge is 2.54. The van der Waals surface area contributed by atoms with Crippen molar-refractivity contribution < 1.29 is 76.9 Å². The van der Waals surface area contributed by atoms with Crippen molar-refractivity contribution >= 4 is 27.6 Å². The lowest BCUT2D eigenvalue weighted by Gasteiger charge is -2.43. The van der Waals surface area contributed by atoms with Gasteiger partial charge in [0.15, 0.2) is 6.10 Å². The highest BCUT2D eigenvalue weighted by atomic mass is 31.2. The molecule has 0 aromatic heterocycles. The van der Waals surface area contributed by atoms with Gasteiger partial charge in [-0.05, 0) is 25.8 Å². The van der Waals surface area contributed by atoms with Crippen molar-refractivity contribution in [3.8, 4) is 0 Å². The highest BCUT2D eigenvalue weighted by molar-refractivity contribution is 7.47. The van der Waals surface area contributed by atoms with E-state index in [4.69, 9.17) is 34.0 Å². The summed E-state index contributed by atoms with van der Waals surface area (Å²) in [6.45, 7) is 1.58. The van der Waals surface area contributed by atoms with Gasteiger partial charge in [0.1, 0.15) is 43.2 Å². The zero-order chi connectivity index (χ0) is 41.8. The zero-order valence-corrected chi connectivity index (χ0v) is 35.2. The number of rotatable bonds is 35. The molecule has 0 aromatic carbocycles. The molecule has 332 valence electrons. The molecule has 1 rings (SSSR count). The van der Waals surface area contributed by atoms with Crippen molar-refractivity contribution in [1.82, 2.24) is 0 Å². The van der Waals surface area contributed by atoms with E-state index in [0.29, 0.717) is 19.4 Å². The van der Waals surface area contributed by atoms with Crippen molar-refractivity contribution in [2.75, 3.05) is 19.8 Å². The number of phosphoric acid groups is 2. The van der Waals surface area contributed by atoms with Gasteiger partial charge in [-0.3, -0.25) is 23.2 Å². The Labute approximate surface area is 333 Å². The average Bonchev–Trinajstić information content (AvgIpc) is 3.14. The summed E-state index contributed by atoms with van der Waals surface area (Å²) in [4.78, 5) is 53.9. The summed E-state index contributed by atoms with van der Waals surface area (Å²) in [7, 11) is -10.6. The third-order valence-electron chi connectivity index (χ3n) is 9.78. The molecule has 9 N–H and O–H groups in total. The number of esters is 2. The fraction of sp³-hybridized carbons (Fsp3) is 0.946. The Morgan fingerprint density at radius 3 is 1.41 bits per heavy atom. The van der Waals surface area contributed by atoms with Crippen molar-refractivity contribution in [2.45, 2.75) is 204 Å². The highest BCUT2D eigenvalue weighted by Crippen LogP contribution is 2.49. The van der Waals surface area contributed by atoms with Crippen LogP contribution < -0.4 is 5.73 Å². The molecule has 8 atom stereocenters. The third-order valence-corrected chi connectivity index (χ3v) is 11.3. The predicted octanol–water partition coefficient (Wildman–Crippen LogP) is 5.22. The fourth-order valence-corrected chi connectivity index (χ4v) is 8.05. The van der Waals surface area contributed by atoms with Crippen LogP contribution in [0.2, 0.25) is 0 Å². The second-order valence-electron chi connectivity index (χ2n) is 14.9. The molecule has 0 radical (unpaired) electrons. The van der Waals surface area contributed by atoms with Crippen molar-refractivity contribution in [3.63, 3.8) is 0 Å². The maximum Gasteiger partial charge on any atom is 0.472 e. The van der Waals surface area contributed by atoms with E-state index in [1.54, 1.807) is 0 Å². The minimum atomic E-state index is -5.36. The normalized spacial score (nSPS) is 23.1. The number of hydrogen-bond donors (Lipinski definition) is 8. The first kappa shape index (κ1) is 53.0. The van der Waals surface area contributed by atoms with Gasteiger partial charge in [0.2, 0.25) is 0 Å². The number of nitrogens with two attached hydrogens (primary N) is 1. The van der Waals surface area contributed by atoms with E-state index in [-0.39, 0.29) is 12.8 Å². The second-order valence-corrected chi connectivity index (χ2v) is 17.5. The van der Waals surface area contributed by atoms with E-state index < -0.39 is 83.5 Å². The molecule has 0 heterocycles. The molecule has 56 heavy (non-hydrogen) atoms. The van der Waals surface area contributed by atoms with Crippen LogP contribution in [-0.2, 0) is 41.8 Å². The lowest BCUT2D eigenvalue weighted by molar-refractivity contribution is -0.216. The molecule has 0 aromatic rings. The van der Waals surface area contributed by atoms with Crippen LogP contribution in [0.15, 0.2) is 0 Å². The summed E-state index contributed by atoms with van der Waals surface area (Å²) in [5.74, 6) is -1.22. The van der Waals surface area contributed by atoms with Gasteiger partial charge in [0.05, 0.1) is 6.61 Å². The van der Waals surface area contributed by atoms with Crippen LogP contribution in [0.3, 0.4) is 0 Å². The Balaban J connectivity index is 2.65. The molecule has 17 nitrogen and oxygen atoms in total. The van der Waals surface area contributed by atoms with Gasteiger partial charge in [0, 0.05) is 12.8 Å². The molecule has 0 bridgehead atoms. The summed E-state index contributed by atoms with van der Waals surface area (Å²) in [6.07, 6.45) is 9.00. The first-order chi connectivity index (χ1) is 26.6. The first-order valence-electron chi connectivity index (χ1n) is 20.8. The lowest BCUT2D eigenvalue weighted by Crippen LogP contribution is -2.64. The number of carbonyl (C=O) groups is 2. The smallest absolute Gasteiger partial charge is 0.462 e. The molecule has 19 heteroatoms. The van der Waals surface area contributed by atoms with Crippen LogP contribution in [0.5, 0.6) is 0 Å². The molecular weight excluding hydrogens is 776 g/mol. The van der Waals surface area contributed by atoms with Gasteiger partial charge in [-0.15, -0.1) is 0 Å². The van der Waals surface area contributed by atoms with Gasteiger partial charge >= 0.3 is 27.6 Å². The number of hydrogen-bond acceptors (Lipinski definition) is 14. The molecule has 0 saturated heterocycles. The van der Waals surface area contributed by atoms with E-state index in [0.717, 1.165) is 77.0 Å². The summed E-state index contributed by atoms with van der Waals surface area (Å²) in [6, 6.07) is 0. The molecular formula is C37H73NO16P2. The Hall–Kier alpha value is -1.04. The minimum absolute atomic E-state index is 0.0458. The van der Waals surface area contributed by atoms with Crippen LogP contribution >= 0.6 is 15.6 Å². The predicted molar refractivity (Wildman–Crippen MR) is 208 cm³/mol. The summed E-state index contributed by atoms with van der Waals surface area (Å²) < 4.78 is 49.1. The number of aliphatic hydroxyl groups excluding tert-OH is 4. The minimum Gasteiger partial charge on any atom is -0.462 e. The molecule has 0 spiro atoms. The van der Waals surface area contributed by atoms with Crippen LogP contribution in [0.25, 0.3) is 0 Å². The van der Waals surface area contributed by atoms with E-state index >= 15 is 0 Å². The lowest BCUT2D eigenvalue weighted by atomic mass is 9.85. The number of ether oxygens (including phenoxy) is 2. The molecule has 0 aliphatic heterocycles. The Bertz CT molecular complexity index is 1130. The maximum atomic E-state index is 12.9. The summed E-state index contributed by atoms with van der Waals surface area (Å²) in [5.41, 5.74) is 5.52. The van der Waals surface area contributed by atoms with Gasteiger partial charge < -0.3 is 50.3 Å². The van der Waals surface area contributed by atoms with Crippen molar-refractivity contribution in [2.24, 2.45) is 5.73 Å². The molecule has 1 aliphatic carbocycles. The topological polar surface area (TPSA) is 282 Å². The quantitative estimate of drug-likeness (QED) is 0.0230. The van der Waals surface area contributed by atoms with Gasteiger partial charge in [-0.1, -0.05) is 129 Å². The second kappa shape index (κ2) is 30.9. The number of aliphatic hydroxyl groups is 4. The molecule has 0 amide bonds. The number of unbranched alkanes of at least 4 members (excludes halogenated alkanes) is 20. The average molecular weight is 850 g/mol. The van der Waals surface area contributed by atoms with Gasteiger partial charge in [-0.2, -0.15) is 0 Å². The fourth-order valence-electron chi connectivity index (χ4n) is 6.51. The first-order valence-corrected chi connectivity index (χ1v) is 23.8. The van der Waals surface area contributed by atoms with Crippen molar-refractivity contribution in [1.29, 1.82) is 0 Å². The van der Waals surface area contributed by atoms with E-state index in [9.17, 15) is 44.0 Å². The Morgan fingerprint density at radius 1 is 0.554 bits per heavy atom. The molecule has 1 aliphatic rings. The largest absolute Gasteiger partial charge is 0.472 e. The van der Waals surface area contributed by atoms with E-state index in [1.807, 2.05) is 0 Å². The molecule has 1 unspecified atom stereocenters. The SMILES string of the molecule is CCCCCCCCCCCCCCCC(=O)O[C@H](COC(=O)CCCCCCCCCCCN)COP(=O)(O)O[C@H]1[C@H](O)[C@@H](OP(=O)(O)O)[C@H](O)[C@@H](O)[C@H]1O. The van der Waals surface area contributed by atoms with Crippen molar-refractivity contribution in [3.05, 3.63) is 0 Å². The third kappa shape index (κ3) is 25.4. The standard InChI is InChI=1S/C37H73NO16P2/c1-2-3-4-5-6-7-8-9-10-12-16-19-22-25-31(40)52-29(27-50-30(39)24-21-18-15-13-11-14-17-20-23-26-38)28-51-56(48,49)54-37-34(43)32(41)33(42)36(35(37)44)53-55(45,46)47/h29,32-37,41-44H,2-28,38H2,1H3,(H,48,49)(H2,45,46,47)/t29-,32-,33-,34-,35-,36+,37-/m1/s1. The number of carbonyl (C=O) groups excluding carboxylic acids is 2. The zero-order valence-electron chi connectivity index (χ0n) is 33.4. The summed E-state index contributed by atoms with van der Waals surface area (Å²) >= 11 is 0. The van der Waals surface area contributed by atoms with E-state index in [1.165, 1.54) is 51.4 Å².